The molecule has 0 aromatic heterocycles. The molecule has 0 amide bonds. The molecule has 0 aliphatic carbocycles. The summed E-state index contributed by atoms with van der Waals surface area (Å²) in [7, 11) is 0. The second-order valence-corrected chi connectivity index (χ2v) is 5.55. The van der Waals surface area contributed by atoms with Crippen LogP contribution in [0.3, 0.4) is 0 Å². The summed E-state index contributed by atoms with van der Waals surface area (Å²) in [5.74, 6) is 0. The molecule has 138 valence electrons. The maximum atomic E-state index is 10.1. The maximum Gasteiger partial charge on any atom is 0.148 e. The van der Waals surface area contributed by atoms with Crippen molar-refractivity contribution in [2.24, 2.45) is 0 Å². The van der Waals surface area contributed by atoms with Gasteiger partial charge in [-0.2, -0.15) is 0 Å². The minimum atomic E-state index is -2.34. The smallest absolute Gasteiger partial charge is 0.148 e. The summed E-state index contributed by atoms with van der Waals surface area (Å²) >= 11 is 0. The standard InChI is InChI=1S/C12H24O11/c13-1-4(16)6(17)8(19)9(20)11(22)12(3-15)10(21)7(18)5(2-14)23-12/h4-11,13-22H,1-3H2/t4-,5-,6-,7-,8+,9+,10+,11?,12?/m1/s1. The molecule has 0 saturated carbocycles. The Morgan fingerprint density at radius 1 is 0.870 bits per heavy atom. The van der Waals surface area contributed by atoms with Crippen molar-refractivity contribution in [2.45, 2.75) is 54.4 Å². The molecule has 9 atom stereocenters. The van der Waals surface area contributed by atoms with Gasteiger partial charge in [-0.1, -0.05) is 0 Å². The minimum absolute atomic E-state index is 0.753. The van der Waals surface area contributed by atoms with E-state index in [0.29, 0.717) is 0 Å². The van der Waals surface area contributed by atoms with Crippen molar-refractivity contribution in [3.05, 3.63) is 0 Å². The Kier molecular flexibility index (Phi) is 7.25. The van der Waals surface area contributed by atoms with Crippen LogP contribution in [0.2, 0.25) is 0 Å². The highest BCUT2D eigenvalue weighted by molar-refractivity contribution is 5.09. The molecule has 2 unspecified atom stereocenters. The highest BCUT2D eigenvalue weighted by Gasteiger charge is 2.60. The van der Waals surface area contributed by atoms with E-state index in [-0.39, 0.29) is 0 Å². The van der Waals surface area contributed by atoms with Crippen molar-refractivity contribution < 1.29 is 55.8 Å². The number of ether oxygens (including phenoxy) is 1. The van der Waals surface area contributed by atoms with Gasteiger partial charge in [-0.25, -0.2) is 0 Å². The molecule has 10 N–H and O–H groups in total. The number of hydrogen-bond acceptors (Lipinski definition) is 11. The van der Waals surface area contributed by atoms with Gasteiger partial charge in [0.15, 0.2) is 0 Å². The second-order valence-electron chi connectivity index (χ2n) is 5.55. The third-order valence-electron chi connectivity index (χ3n) is 4.11. The zero-order chi connectivity index (χ0) is 17.9. The van der Waals surface area contributed by atoms with Gasteiger partial charge in [0.2, 0.25) is 0 Å². The third kappa shape index (κ3) is 3.65. The van der Waals surface area contributed by atoms with Crippen molar-refractivity contribution in [1.29, 1.82) is 0 Å². The van der Waals surface area contributed by atoms with Crippen LogP contribution in [-0.2, 0) is 4.74 Å². The molecule has 1 saturated heterocycles. The van der Waals surface area contributed by atoms with E-state index in [2.05, 4.69) is 0 Å². The van der Waals surface area contributed by atoms with E-state index in [1.165, 1.54) is 0 Å². The zero-order valence-electron chi connectivity index (χ0n) is 12.1. The van der Waals surface area contributed by atoms with Crippen LogP contribution in [0.1, 0.15) is 0 Å². The molecule has 0 aromatic rings. The van der Waals surface area contributed by atoms with Crippen LogP contribution in [0.25, 0.3) is 0 Å². The van der Waals surface area contributed by atoms with E-state index < -0.39 is 74.3 Å². The molecule has 1 aliphatic heterocycles. The third-order valence-corrected chi connectivity index (χ3v) is 4.11. The summed E-state index contributed by atoms with van der Waals surface area (Å²) in [5, 5.41) is 95.4. The average molecular weight is 344 g/mol. The van der Waals surface area contributed by atoms with Crippen molar-refractivity contribution in [1.82, 2.24) is 0 Å². The zero-order valence-corrected chi connectivity index (χ0v) is 12.1. The molecule has 0 aromatic carbocycles. The summed E-state index contributed by atoms with van der Waals surface area (Å²) in [6.45, 7) is -2.78. The number of rotatable bonds is 8. The molecule has 0 spiro atoms. The van der Waals surface area contributed by atoms with Crippen LogP contribution in [0.4, 0.5) is 0 Å². The molecule has 0 bridgehead atoms. The number of aliphatic hydroxyl groups is 10. The van der Waals surface area contributed by atoms with E-state index in [4.69, 9.17) is 14.9 Å². The highest BCUT2D eigenvalue weighted by atomic mass is 16.6. The fourth-order valence-electron chi connectivity index (χ4n) is 2.54. The molecular weight excluding hydrogens is 320 g/mol. The van der Waals surface area contributed by atoms with Crippen LogP contribution in [-0.4, -0.2) is 125 Å². The average Bonchev–Trinajstić information content (AvgIpc) is 2.83. The molecule has 1 rings (SSSR count). The van der Waals surface area contributed by atoms with Gasteiger partial charge in [0.05, 0.1) is 19.8 Å². The first-order valence-electron chi connectivity index (χ1n) is 6.94. The Bertz CT molecular complexity index is 369. The lowest BCUT2D eigenvalue weighted by Gasteiger charge is -2.39. The molecule has 23 heavy (non-hydrogen) atoms. The quantitative estimate of drug-likeness (QED) is 0.200. The fraction of sp³-hybridized carbons (Fsp3) is 1.00. The number of aliphatic hydroxyl groups excluding tert-OH is 10. The second kappa shape index (κ2) is 8.09. The van der Waals surface area contributed by atoms with Gasteiger partial charge in [0.1, 0.15) is 54.4 Å². The summed E-state index contributed by atoms with van der Waals surface area (Å²) < 4.78 is 5.06. The van der Waals surface area contributed by atoms with Gasteiger partial charge in [0, 0.05) is 0 Å². The fourth-order valence-corrected chi connectivity index (χ4v) is 2.54. The molecule has 1 aliphatic rings. The normalized spacial score (nSPS) is 38.1. The molecule has 1 fully saturated rings. The van der Waals surface area contributed by atoms with E-state index in [9.17, 15) is 40.9 Å². The first-order chi connectivity index (χ1) is 10.7. The SMILES string of the molecule is OC[C@@H](O)[C@@H](O)[C@H](O)[C@H](O)C(O)C1(CO)O[C@H](CO)[C@@H](O)[C@@H]1O. The minimum Gasteiger partial charge on any atom is -0.394 e. The molecule has 0 radical (unpaired) electrons. The largest absolute Gasteiger partial charge is 0.394 e. The van der Waals surface area contributed by atoms with Gasteiger partial charge < -0.3 is 55.8 Å². The van der Waals surface area contributed by atoms with Gasteiger partial charge in [0.25, 0.3) is 0 Å². The Hall–Kier alpha value is -0.440. The molecule has 11 nitrogen and oxygen atoms in total. The summed E-state index contributed by atoms with van der Waals surface area (Å²) in [6, 6.07) is 0. The van der Waals surface area contributed by atoms with E-state index in [0.717, 1.165) is 0 Å². The highest BCUT2D eigenvalue weighted by Crippen LogP contribution is 2.36. The summed E-state index contributed by atoms with van der Waals surface area (Å²) in [6.07, 6.45) is -15.4. The van der Waals surface area contributed by atoms with Crippen molar-refractivity contribution in [2.75, 3.05) is 19.8 Å². The Labute approximate surface area is 131 Å². The van der Waals surface area contributed by atoms with Gasteiger partial charge in [-0.3, -0.25) is 0 Å². The van der Waals surface area contributed by atoms with Gasteiger partial charge in [-0.15, -0.1) is 0 Å². The first-order valence-corrected chi connectivity index (χ1v) is 6.94. The van der Waals surface area contributed by atoms with Crippen molar-refractivity contribution in [3.63, 3.8) is 0 Å². The van der Waals surface area contributed by atoms with Crippen LogP contribution in [0.15, 0.2) is 0 Å². The topological polar surface area (TPSA) is 212 Å². The van der Waals surface area contributed by atoms with Crippen molar-refractivity contribution in [3.8, 4) is 0 Å². The predicted octanol–water partition coefficient (Wildman–Crippen LogP) is -6.37. The molecule has 11 heteroatoms. The predicted molar refractivity (Wildman–Crippen MR) is 70.9 cm³/mol. The van der Waals surface area contributed by atoms with Crippen LogP contribution >= 0.6 is 0 Å². The molecule has 1 heterocycles. The van der Waals surface area contributed by atoms with Crippen molar-refractivity contribution >= 4 is 0 Å². The lowest BCUT2D eigenvalue weighted by molar-refractivity contribution is -0.224. The van der Waals surface area contributed by atoms with E-state index in [1.807, 2.05) is 0 Å². The van der Waals surface area contributed by atoms with Crippen LogP contribution < -0.4 is 0 Å². The van der Waals surface area contributed by atoms with Crippen LogP contribution in [0.5, 0.6) is 0 Å². The van der Waals surface area contributed by atoms with Gasteiger partial charge in [-0.05, 0) is 0 Å². The number of hydrogen-bond donors (Lipinski definition) is 10. The Morgan fingerprint density at radius 3 is 1.83 bits per heavy atom. The Balaban J connectivity index is 2.98. The van der Waals surface area contributed by atoms with E-state index in [1.54, 1.807) is 0 Å². The van der Waals surface area contributed by atoms with Crippen LogP contribution in [0, 0.1) is 0 Å². The lowest BCUT2D eigenvalue weighted by atomic mass is 9.83. The summed E-state index contributed by atoms with van der Waals surface area (Å²) in [4.78, 5) is 0. The first kappa shape index (κ1) is 20.6. The van der Waals surface area contributed by atoms with Gasteiger partial charge >= 0.3 is 0 Å². The summed E-state index contributed by atoms with van der Waals surface area (Å²) in [5.41, 5.74) is -2.34. The Morgan fingerprint density at radius 2 is 1.43 bits per heavy atom. The maximum absolute atomic E-state index is 10.1. The lowest BCUT2D eigenvalue weighted by Crippen LogP contribution is -2.63. The monoisotopic (exact) mass is 344 g/mol. The van der Waals surface area contributed by atoms with E-state index >= 15 is 0 Å². The molecular formula is C12H24O11.